The lowest BCUT2D eigenvalue weighted by Gasteiger charge is -2.14. The van der Waals surface area contributed by atoms with Crippen molar-refractivity contribution in [2.75, 3.05) is 5.32 Å². The number of anilines is 2. The predicted octanol–water partition coefficient (Wildman–Crippen LogP) is 4.71. The van der Waals surface area contributed by atoms with Crippen molar-refractivity contribution < 1.29 is 0 Å². The van der Waals surface area contributed by atoms with E-state index in [0.29, 0.717) is 5.15 Å². The van der Waals surface area contributed by atoms with Gasteiger partial charge in [-0.15, -0.1) is 0 Å². The van der Waals surface area contributed by atoms with Crippen LogP contribution in [-0.2, 0) is 0 Å². The van der Waals surface area contributed by atoms with E-state index >= 15 is 0 Å². The van der Waals surface area contributed by atoms with Crippen molar-refractivity contribution in [3.63, 3.8) is 0 Å². The quantitative estimate of drug-likeness (QED) is 0.791. The molecule has 2 aromatic rings. The van der Waals surface area contributed by atoms with Gasteiger partial charge in [0.2, 0.25) is 0 Å². The Morgan fingerprint density at radius 2 is 1.56 bits per heavy atom. The van der Waals surface area contributed by atoms with E-state index in [-0.39, 0.29) is 0 Å². The van der Waals surface area contributed by atoms with Gasteiger partial charge >= 0.3 is 0 Å². The summed E-state index contributed by atoms with van der Waals surface area (Å²) in [5, 5.41) is 3.85. The summed E-state index contributed by atoms with van der Waals surface area (Å²) in [6.07, 6.45) is 0. The first-order valence-electron chi connectivity index (χ1n) is 5.96. The van der Waals surface area contributed by atoms with E-state index in [1.165, 1.54) is 16.7 Å². The van der Waals surface area contributed by atoms with E-state index in [2.05, 4.69) is 43.2 Å². The minimum absolute atomic E-state index is 0.507. The highest BCUT2D eigenvalue weighted by molar-refractivity contribution is 6.32. The lowest BCUT2D eigenvalue weighted by atomic mass is 10.0. The second-order valence-electron chi connectivity index (χ2n) is 4.60. The SMILES string of the molecule is Cc1ccc(Nc2ccc(C)c(C)c2C)c(Cl)n1. The maximum Gasteiger partial charge on any atom is 0.152 e. The first-order valence-corrected chi connectivity index (χ1v) is 6.34. The molecule has 0 saturated heterocycles. The molecule has 2 rings (SSSR count). The van der Waals surface area contributed by atoms with Crippen molar-refractivity contribution in [2.45, 2.75) is 27.7 Å². The monoisotopic (exact) mass is 260 g/mol. The fourth-order valence-corrected chi connectivity index (χ4v) is 2.10. The highest BCUT2D eigenvalue weighted by Crippen LogP contribution is 2.28. The van der Waals surface area contributed by atoms with Crippen molar-refractivity contribution in [1.29, 1.82) is 0 Å². The van der Waals surface area contributed by atoms with E-state index < -0.39 is 0 Å². The number of nitrogens with one attached hydrogen (secondary N) is 1. The van der Waals surface area contributed by atoms with Crippen LogP contribution in [0, 0.1) is 27.7 Å². The van der Waals surface area contributed by atoms with Crippen LogP contribution in [-0.4, -0.2) is 4.98 Å². The first kappa shape index (κ1) is 12.9. The molecule has 0 atom stereocenters. The van der Waals surface area contributed by atoms with Crippen molar-refractivity contribution in [3.05, 3.63) is 51.8 Å². The van der Waals surface area contributed by atoms with E-state index in [0.717, 1.165) is 17.1 Å². The Balaban J connectivity index is 2.37. The maximum absolute atomic E-state index is 6.13. The van der Waals surface area contributed by atoms with Gasteiger partial charge in [-0.05, 0) is 62.6 Å². The van der Waals surface area contributed by atoms with Crippen LogP contribution in [0.15, 0.2) is 24.3 Å². The Bertz CT molecular complexity index is 591. The third-order valence-corrected chi connectivity index (χ3v) is 3.60. The summed E-state index contributed by atoms with van der Waals surface area (Å²) >= 11 is 6.13. The second-order valence-corrected chi connectivity index (χ2v) is 4.95. The summed E-state index contributed by atoms with van der Waals surface area (Å²) in [5.74, 6) is 0. The van der Waals surface area contributed by atoms with Gasteiger partial charge in [-0.25, -0.2) is 4.98 Å². The number of aryl methyl sites for hydroxylation is 2. The zero-order valence-electron chi connectivity index (χ0n) is 11.1. The summed E-state index contributed by atoms with van der Waals surface area (Å²) in [4.78, 5) is 4.24. The standard InChI is InChI=1S/C15H17ClN2/c1-9-5-7-13(12(4)11(9)3)18-14-8-6-10(2)17-15(14)16/h5-8,18H,1-4H3. The average Bonchev–Trinajstić information content (AvgIpc) is 2.33. The number of halogens is 1. The average molecular weight is 261 g/mol. The number of nitrogens with zero attached hydrogens (tertiary/aromatic N) is 1. The number of hydrogen-bond acceptors (Lipinski definition) is 2. The largest absolute Gasteiger partial charge is 0.353 e. The Labute approximate surface area is 113 Å². The molecule has 0 aliphatic carbocycles. The van der Waals surface area contributed by atoms with Crippen molar-refractivity contribution in [1.82, 2.24) is 4.98 Å². The highest BCUT2D eigenvalue weighted by atomic mass is 35.5. The Hall–Kier alpha value is -1.54. The molecule has 0 radical (unpaired) electrons. The van der Waals surface area contributed by atoms with Crippen molar-refractivity contribution >= 4 is 23.0 Å². The van der Waals surface area contributed by atoms with Gasteiger partial charge in [-0.2, -0.15) is 0 Å². The zero-order valence-corrected chi connectivity index (χ0v) is 11.9. The molecule has 1 aromatic carbocycles. The fourth-order valence-electron chi connectivity index (χ4n) is 1.85. The van der Waals surface area contributed by atoms with Gasteiger partial charge in [0, 0.05) is 11.4 Å². The smallest absolute Gasteiger partial charge is 0.152 e. The van der Waals surface area contributed by atoms with Crippen LogP contribution in [0.5, 0.6) is 0 Å². The maximum atomic E-state index is 6.13. The third-order valence-electron chi connectivity index (χ3n) is 3.32. The lowest BCUT2D eigenvalue weighted by Crippen LogP contribution is -1.98. The molecular formula is C15H17ClN2. The van der Waals surface area contributed by atoms with E-state index in [1.54, 1.807) is 0 Å². The number of pyridine rings is 1. The molecule has 1 aromatic heterocycles. The van der Waals surface area contributed by atoms with E-state index in [9.17, 15) is 0 Å². The topological polar surface area (TPSA) is 24.9 Å². The van der Waals surface area contributed by atoms with Gasteiger partial charge in [-0.3, -0.25) is 0 Å². The van der Waals surface area contributed by atoms with Crippen LogP contribution in [0.3, 0.4) is 0 Å². The van der Waals surface area contributed by atoms with Crippen LogP contribution in [0.1, 0.15) is 22.4 Å². The third kappa shape index (κ3) is 2.49. The van der Waals surface area contributed by atoms with Crippen molar-refractivity contribution in [2.24, 2.45) is 0 Å². The molecule has 1 heterocycles. The van der Waals surface area contributed by atoms with Gasteiger partial charge in [0.15, 0.2) is 5.15 Å². The Kier molecular flexibility index (Phi) is 3.58. The summed E-state index contributed by atoms with van der Waals surface area (Å²) < 4.78 is 0. The molecule has 1 N–H and O–H groups in total. The molecule has 0 saturated carbocycles. The van der Waals surface area contributed by atoms with Gasteiger partial charge < -0.3 is 5.32 Å². The molecule has 0 aliphatic rings. The van der Waals surface area contributed by atoms with Crippen LogP contribution in [0.25, 0.3) is 0 Å². The van der Waals surface area contributed by atoms with Gasteiger partial charge in [0.05, 0.1) is 5.69 Å². The fraction of sp³-hybridized carbons (Fsp3) is 0.267. The Morgan fingerprint density at radius 3 is 2.22 bits per heavy atom. The molecule has 0 unspecified atom stereocenters. The summed E-state index contributed by atoms with van der Waals surface area (Å²) in [6, 6.07) is 8.10. The zero-order chi connectivity index (χ0) is 13.3. The van der Waals surface area contributed by atoms with Gasteiger partial charge in [0.1, 0.15) is 0 Å². The molecule has 3 heteroatoms. The van der Waals surface area contributed by atoms with Crippen LogP contribution in [0.4, 0.5) is 11.4 Å². The van der Waals surface area contributed by atoms with Gasteiger partial charge in [0.25, 0.3) is 0 Å². The summed E-state index contributed by atoms with van der Waals surface area (Å²) in [6.45, 7) is 8.29. The molecular weight excluding hydrogens is 244 g/mol. The van der Waals surface area contributed by atoms with E-state index in [1.807, 2.05) is 19.1 Å². The van der Waals surface area contributed by atoms with Gasteiger partial charge in [-0.1, -0.05) is 17.7 Å². The molecule has 0 spiro atoms. The second kappa shape index (κ2) is 4.99. The van der Waals surface area contributed by atoms with Crippen LogP contribution < -0.4 is 5.32 Å². The highest BCUT2D eigenvalue weighted by Gasteiger charge is 2.07. The molecule has 0 amide bonds. The van der Waals surface area contributed by atoms with Crippen LogP contribution in [0.2, 0.25) is 5.15 Å². The Morgan fingerprint density at radius 1 is 0.889 bits per heavy atom. The molecule has 18 heavy (non-hydrogen) atoms. The normalized spacial score (nSPS) is 10.5. The number of rotatable bonds is 2. The van der Waals surface area contributed by atoms with Crippen LogP contribution >= 0.6 is 11.6 Å². The summed E-state index contributed by atoms with van der Waals surface area (Å²) in [7, 11) is 0. The molecule has 0 bridgehead atoms. The molecule has 2 nitrogen and oxygen atoms in total. The molecule has 0 fully saturated rings. The molecule has 0 aliphatic heterocycles. The number of hydrogen-bond donors (Lipinski definition) is 1. The minimum Gasteiger partial charge on any atom is -0.353 e. The predicted molar refractivity (Wildman–Crippen MR) is 77.9 cm³/mol. The first-order chi connectivity index (χ1) is 8.49. The van der Waals surface area contributed by atoms with E-state index in [4.69, 9.17) is 11.6 Å². The summed E-state index contributed by atoms with van der Waals surface area (Å²) in [5.41, 5.74) is 6.68. The number of benzene rings is 1. The van der Waals surface area contributed by atoms with Crippen molar-refractivity contribution in [3.8, 4) is 0 Å². The molecule has 94 valence electrons. The number of aromatic nitrogens is 1. The lowest BCUT2D eigenvalue weighted by molar-refractivity contribution is 1.20. The minimum atomic E-state index is 0.507.